The van der Waals surface area contributed by atoms with Crippen LogP contribution in [0.1, 0.15) is 20.7 Å². The minimum Gasteiger partial charge on any atom is -0.465 e. The van der Waals surface area contributed by atoms with Crippen LogP contribution in [0.3, 0.4) is 0 Å². The van der Waals surface area contributed by atoms with E-state index in [4.69, 9.17) is 9.47 Å². The molecule has 6 aromatic rings. The summed E-state index contributed by atoms with van der Waals surface area (Å²) < 4.78 is 11.5. The number of aromatic nitrogens is 6. The summed E-state index contributed by atoms with van der Waals surface area (Å²) >= 11 is 3.02. The van der Waals surface area contributed by atoms with Crippen molar-refractivity contribution in [3.8, 4) is 0 Å². The first kappa shape index (κ1) is 26.4. The highest BCUT2D eigenvalue weighted by Crippen LogP contribution is 2.29. The Morgan fingerprint density at radius 2 is 1.51 bits per heavy atom. The molecule has 0 saturated heterocycles. The predicted molar refractivity (Wildman–Crippen MR) is 154 cm³/mol. The second kappa shape index (κ2) is 10.9. The molecule has 0 saturated carbocycles. The van der Waals surface area contributed by atoms with E-state index in [9.17, 15) is 9.59 Å². The Hall–Kier alpha value is -4.16. The fourth-order valence-corrected chi connectivity index (χ4v) is 5.08. The van der Waals surface area contributed by atoms with Gasteiger partial charge in [-0.05, 0) is 12.5 Å². The van der Waals surface area contributed by atoms with Crippen molar-refractivity contribution in [2.45, 2.75) is 10.3 Å². The average Bonchev–Trinajstić information content (AvgIpc) is 3.57. The van der Waals surface area contributed by atoms with Gasteiger partial charge in [0.1, 0.15) is 0 Å². The Labute approximate surface area is 231 Å². The number of benzene rings is 2. The summed E-state index contributed by atoms with van der Waals surface area (Å²) in [4.78, 5) is 44.1. The van der Waals surface area contributed by atoms with E-state index in [2.05, 4.69) is 24.9 Å². The number of nitrogens with zero attached hydrogens (tertiary/aromatic N) is 5. The highest BCUT2D eigenvalue weighted by atomic mass is 32.2. The van der Waals surface area contributed by atoms with Crippen molar-refractivity contribution in [2.75, 3.05) is 26.7 Å². The molecule has 198 valence electrons. The lowest BCUT2D eigenvalue weighted by molar-refractivity contribution is 0.0594. The van der Waals surface area contributed by atoms with Gasteiger partial charge in [0, 0.05) is 53.4 Å². The Kier molecular flexibility index (Phi) is 7.40. The number of methoxy groups -OCH3 is 2. The molecular formula is C27H24N6O4S2. The highest BCUT2D eigenvalue weighted by Gasteiger charge is 2.17. The molecule has 0 atom stereocenters. The van der Waals surface area contributed by atoms with E-state index in [0.717, 1.165) is 48.8 Å². The van der Waals surface area contributed by atoms with E-state index in [-0.39, 0.29) is 11.9 Å². The largest absolute Gasteiger partial charge is 0.465 e. The summed E-state index contributed by atoms with van der Waals surface area (Å²) in [5.41, 5.74) is 4.44. The van der Waals surface area contributed by atoms with Crippen LogP contribution in [0, 0.1) is 0 Å². The number of rotatable bonds is 4. The number of H-pyrrole nitrogens is 1. The molecule has 0 spiro atoms. The molecule has 0 fully saturated rings. The maximum absolute atomic E-state index is 11.8. The van der Waals surface area contributed by atoms with E-state index in [1.54, 1.807) is 24.8 Å². The summed E-state index contributed by atoms with van der Waals surface area (Å²) in [7, 11) is 4.65. The van der Waals surface area contributed by atoms with Gasteiger partial charge in [0.25, 0.3) is 0 Å². The summed E-state index contributed by atoms with van der Waals surface area (Å²) in [5.74, 6) is -0.713. The zero-order valence-corrected chi connectivity index (χ0v) is 23.4. The molecule has 0 radical (unpaired) electrons. The van der Waals surface area contributed by atoms with Gasteiger partial charge in [0.2, 0.25) is 0 Å². The molecule has 1 N–H and O–H groups in total. The number of aromatic amines is 1. The molecule has 12 heteroatoms. The number of nitrogens with one attached hydrogen (secondary N) is 1. The molecule has 2 aromatic carbocycles. The molecule has 0 bridgehead atoms. The minimum absolute atomic E-state index is 0.339. The van der Waals surface area contributed by atoms with Gasteiger partial charge >= 0.3 is 11.9 Å². The SMILES string of the molecule is COC(=O)c1cn(C)c2c1ccc1cnc(SC)nc12.COC(=O)c1cnc2c1ccc1cnc(SC)[nH]c12. The van der Waals surface area contributed by atoms with Crippen LogP contribution in [0.4, 0.5) is 0 Å². The van der Waals surface area contributed by atoms with E-state index in [1.807, 2.05) is 48.4 Å². The fourth-order valence-electron chi connectivity index (χ4n) is 4.38. The minimum atomic E-state index is -0.374. The summed E-state index contributed by atoms with van der Waals surface area (Å²) in [6.45, 7) is 0. The van der Waals surface area contributed by atoms with Crippen molar-refractivity contribution in [1.82, 2.24) is 29.5 Å². The van der Waals surface area contributed by atoms with Gasteiger partial charge in [-0.15, -0.1) is 0 Å². The van der Waals surface area contributed by atoms with Gasteiger partial charge in [-0.25, -0.2) is 24.5 Å². The van der Waals surface area contributed by atoms with Gasteiger partial charge in [0.05, 0.1) is 47.4 Å². The monoisotopic (exact) mass is 560 g/mol. The molecule has 0 aliphatic rings. The molecule has 0 aliphatic carbocycles. The van der Waals surface area contributed by atoms with E-state index < -0.39 is 0 Å². The van der Waals surface area contributed by atoms with Crippen molar-refractivity contribution in [3.05, 3.63) is 60.2 Å². The number of carbonyl (C=O) groups is 2. The molecule has 6 rings (SSSR count). The van der Waals surface area contributed by atoms with Crippen molar-refractivity contribution >= 4 is 79.1 Å². The highest BCUT2D eigenvalue weighted by molar-refractivity contribution is 7.98. The normalized spacial score (nSPS) is 11.1. The maximum atomic E-state index is 11.8. The van der Waals surface area contributed by atoms with Gasteiger partial charge in [-0.1, -0.05) is 47.8 Å². The summed E-state index contributed by atoms with van der Waals surface area (Å²) in [6, 6.07) is 7.62. The van der Waals surface area contributed by atoms with Crippen LogP contribution < -0.4 is 0 Å². The van der Waals surface area contributed by atoms with E-state index in [0.29, 0.717) is 16.3 Å². The third-order valence-corrected chi connectivity index (χ3v) is 7.39. The molecule has 4 heterocycles. The fraction of sp³-hybridized carbons (Fsp3) is 0.185. The quantitative estimate of drug-likeness (QED) is 0.174. The van der Waals surface area contributed by atoms with Gasteiger partial charge in [-0.3, -0.25) is 4.98 Å². The van der Waals surface area contributed by atoms with Crippen LogP contribution in [-0.4, -0.2) is 68.2 Å². The van der Waals surface area contributed by atoms with Crippen LogP contribution in [-0.2, 0) is 16.5 Å². The molecule has 0 unspecified atom stereocenters. The number of hydrogen-bond donors (Lipinski definition) is 1. The third kappa shape index (κ3) is 4.77. The second-order valence-electron chi connectivity index (χ2n) is 8.38. The van der Waals surface area contributed by atoms with Crippen molar-refractivity contribution < 1.29 is 19.1 Å². The number of carbonyl (C=O) groups excluding carboxylic acids is 2. The first-order valence-electron chi connectivity index (χ1n) is 11.7. The van der Waals surface area contributed by atoms with Gasteiger partial charge in [-0.2, -0.15) is 0 Å². The standard InChI is InChI=1S/C14H13N3O2S.C13H11N3O2S/c1-17-7-10(13(18)19-2)9-5-4-8-6-15-14(20-3)16-11(8)12(9)17;1-18-12(17)9-6-14-11-8(9)4-3-7-5-15-13(19-2)16-10(7)11/h4-7H,1-3H3;3-6H,1-2H3,(H,15,16). The van der Waals surface area contributed by atoms with Gasteiger partial charge < -0.3 is 19.0 Å². The van der Waals surface area contributed by atoms with Crippen LogP contribution in [0.25, 0.3) is 43.6 Å². The second-order valence-corrected chi connectivity index (χ2v) is 9.95. The zero-order chi connectivity index (χ0) is 27.7. The van der Waals surface area contributed by atoms with E-state index >= 15 is 0 Å². The Morgan fingerprint density at radius 3 is 2.23 bits per heavy atom. The lowest BCUT2D eigenvalue weighted by Crippen LogP contribution is -1.99. The number of aryl methyl sites for hydroxylation is 1. The zero-order valence-electron chi connectivity index (χ0n) is 21.8. The summed E-state index contributed by atoms with van der Waals surface area (Å²) in [6.07, 6.45) is 10.8. The van der Waals surface area contributed by atoms with Crippen molar-refractivity contribution in [1.29, 1.82) is 0 Å². The maximum Gasteiger partial charge on any atom is 0.340 e. The molecular weight excluding hydrogens is 536 g/mol. The molecule has 39 heavy (non-hydrogen) atoms. The van der Waals surface area contributed by atoms with Gasteiger partial charge in [0.15, 0.2) is 10.3 Å². The number of hydrogen-bond acceptors (Lipinski definition) is 10. The summed E-state index contributed by atoms with van der Waals surface area (Å²) in [5, 5.41) is 5.06. The lowest BCUT2D eigenvalue weighted by atomic mass is 10.1. The smallest absolute Gasteiger partial charge is 0.340 e. The lowest BCUT2D eigenvalue weighted by Gasteiger charge is -2.03. The number of thioether (sulfide) groups is 2. The first-order chi connectivity index (χ1) is 18.9. The number of fused-ring (bicyclic) bond motifs is 6. The average molecular weight is 561 g/mol. The molecule has 10 nitrogen and oxygen atoms in total. The van der Waals surface area contributed by atoms with Crippen molar-refractivity contribution in [2.24, 2.45) is 7.05 Å². The van der Waals surface area contributed by atoms with Crippen LogP contribution in [0.5, 0.6) is 0 Å². The molecule has 4 aromatic heterocycles. The van der Waals surface area contributed by atoms with Crippen LogP contribution in [0.15, 0.2) is 59.4 Å². The number of esters is 2. The van der Waals surface area contributed by atoms with Crippen LogP contribution in [0.2, 0.25) is 0 Å². The Morgan fingerprint density at radius 1 is 0.821 bits per heavy atom. The molecule has 0 amide bonds. The predicted octanol–water partition coefficient (Wildman–Crippen LogP) is 5.25. The topological polar surface area (TPSA) is 125 Å². The van der Waals surface area contributed by atoms with E-state index in [1.165, 1.54) is 37.7 Å². The molecule has 0 aliphatic heterocycles. The number of ether oxygens (including phenoxy) is 2. The van der Waals surface area contributed by atoms with Crippen LogP contribution >= 0.6 is 23.5 Å². The van der Waals surface area contributed by atoms with Crippen molar-refractivity contribution in [3.63, 3.8) is 0 Å². The Bertz CT molecular complexity index is 1880. The first-order valence-corrected chi connectivity index (χ1v) is 14.1. The third-order valence-electron chi connectivity index (χ3n) is 6.23. The Balaban J connectivity index is 0.000000158.